The molecule has 1 N–H and O–H groups in total. The summed E-state index contributed by atoms with van der Waals surface area (Å²) in [4.78, 5) is 12.0. The van der Waals surface area contributed by atoms with Crippen molar-refractivity contribution in [2.24, 2.45) is 5.92 Å². The minimum atomic E-state index is -0.160. The number of hydrogen-bond acceptors (Lipinski definition) is 2. The van der Waals surface area contributed by atoms with Gasteiger partial charge in [-0.1, -0.05) is 24.6 Å². The summed E-state index contributed by atoms with van der Waals surface area (Å²) in [5.74, 6) is 0.590. The van der Waals surface area contributed by atoms with Crippen molar-refractivity contribution in [1.82, 2.24) is 5.32 Å². The van der Waals surface area contributed by atoms with Gasteiger partial charge in [0.2, 0.25) is 0 Å². The van der Waals surface area contributed by atoms with Gasteiger partial charge in [0, 0.05) is 17.3 Å². The first-order valence-corrected chi connectivity index (χ1v) is 7.08. The standard InChI is InChI=1S/C15H16ClNO2/c16-12-6-3-5-11(12)9-17-15(18)14-8-10-4-1-2-7-13(10)19-14/h1-2,4,7-8,11-12H,3,5-6,9H2,(H,17,18). The Morgan fingerprint density at radius 2 is 2.21 bits per heavy atom. The van der Waals surface area contributed by atoms with Gasteiger partial charge in [-0.05, 0) is 30.9 Å². The molecule has 4 heteroatoms. The van der Waals surface area contributed by atoms with Crippen LogP contribution in [0.2, 0.25) is 0 Å². The number of alkyl halides is 1. The highest BCUT2D eigenvalue weighted by Crippen LogP contribution is 2.29. The Kier molecular flexibility index (Phi) is 3.47. The van der Waals surface area contributed by atoms with Crippen molar-refractivity contribution in [3.63, 3.8) is 0 Å². The molecule has 2 aromatic rings. The highest BCUT2D eigenvalue weighted by molar-refractivity contribution is 6.21. The molecule has 100 valence electrons. The smallest absolute Gasteiger partial charge is 0.287 e. The second kappa shape index (κ2) is 5.25. The molecular weight excluding hydrogens is 262 g/mol. The number of halogens is 1. The Morgan fingerprint density at radius 1 is 1.37 bits per heavy atom. The van der Waals surface area contributed by atoms with E-state index in [0.717, 1.165) is 30.2 Å². The fraction of sp³-hybridized carbons (Fsp3) is 0.400. The SMILES string of the molecule is O=C(NCC1CCCC1Cl)c1cc2ccccc2o1. The quantitative estimate of drug-likeness (QED) is 0.872. The number of benzene rings is 1. The van der Waals surface area contributed by atoms with E-state index in [2.05, 4.69) is 5.32 Å². The first kappa shape index (κ1) is 12.5. The predicted octanol–water partition coefficient (Wildman–Crippen LogP) is 3.57. The number of rotatable bonds is 3. The molecular formula is C15H16ClNO2. The zero-order chi connectivity index (χ0) is 13.2. The largest absolute Gasteiger partial charge is 0.451 e. The average molecular weight is 278 g/mol. The second-order valence-corrected chi connectivity index (χ2v) is 5.63. The molecule has 0 radical (unpaired) electrons. The number of para-hydroxylation sites is 1. The second-order valence-electron chi connectivity index (χ2n) is 5.07. The molecule has 1 aliphatic carbocycles. The Hall–Kier alpha value is -1.48. The highest BCUT2D eigenvalue weighted by atomic mass is 35.5. The van der Waals surface area contributed by atoms with Gasteiger partial charge in [0.15, 0.2) is 5.76 Å². The molecule has 1 fully saturated rings. The van der Waals surface area contributed by atoms with E-state index in [-0.39, 0.29) is 11.3 Å². The first-order valence-electron chi connectivity index (χ1n) is 6.65. The van der Waals surface area contributed by atoms with E-state index >= 15 is 0 Å². The molecule has 19 heavy (non-hydrogen) atoms. The molecule has 2 atom stereocenters. The fourth-order valence-corrected chi connectivity index (χ4v) is 3.00. The van der Waals surface area contributed by atoms with E-state index in [9.17, 15) is 4.79 Å². The Bertz CT molecular complexity index is 560. The zero-order valence-corrected chi connectivity index (χ0v) is 11.3. The summed E-state index contributed by atoms with van der Waals surface area (Å²) in [7, 11) is 0. The summed E-state index contributed by atoms with van der Waals surface area (Å²) in [5.41, 5.74) is 0.740. The molecule has 1 saturated carbocycles. The van der Waals surface area contributed by atoms with Crippen molar-refractivity contribution < 1.29 is 9.21 Å². The van der Waals surface area contributed by atoms with Crippen molar-refractivity contribution >= 4 is 28.5 Å². The van der Waals surface area contributed by atoms with E-state index in [0.29, 0.717) is 18.2 Å². The van der Waals surface area contributed by atoms with Crippen LogP contribution in [0.3, 0.4) is 0 Å². The number of carbonyl (C=O) groups is 1. The summed E-state index contributed by atoms with van der Waals surface area (Å²) in [6.45, 7) is 0.629. The van der Waals surface area contributed by atoms with Crippen LogP contribution >= 0.6 is 11.6 Å². The molecule has 0 aliphatic heterocycles. The van der Waals surface area contributed by atoms with Crippen LogP contribution in [0.15, 0.2) is 34.7 Å². The van der Waals surface area contributed by atoms with Crippen molar-refractivity contribution in [1.29, 1.82) is 0 Å². The predicted molar refractivity (Wildman–Crippen MR) is 75.5 cm³/mol. The molecule has 3 nitrogen and oxygen atoms in total. The molecule has 2 unspecified atom stereocenters. The molecule has 3 rings (SSSR count). The van der Waals surface area contributed by atoms with E-state index < -0.39 is 0 Å². The van der Waals surface area contributed by atoms with E-state index in [1.165, 1.54) is 0 Å². The van der Waals surface area contributed by atoms with Crippen LogP contribution in [0.5, 0.6) is 0 Å². The third kappa shape index (κ3) is 2.61. The van der Waals surface area contributed by atoms with Gasteiger partial charge in [0.25, 0.3) is 5.91 Å². The normalized spacial score (nSPS) is 22.8. The topological polar surface area (TPSA) is 42.2 Å². The van der Waals surface area contributed by atoms with Gasteiger partial charge in [-0.15, -0.1) is 11.6 Å². The van der Waals surface area contributed by atoms with Gasteiger partial charge in [-0.2, -0.15) is 0 Å². The van der Waals surface area contributed by atoms with Gasteiger partial charge in [0.1, 0.15) is 5.58 Å². The Morgan fingerprint density at radius 3 is 2.95 bits per heavy atom. The number of furan rings is 1. The lowest BCUT2D eigenvalue weighted by atomic mass is 10.1. The Balaban J connectivity index is 1.66. The summed E-state index contributed by atoms with van der Waals surface area (Å²) in [6, 6.07) is 9.39. The van der Waals surface area contributed by atoms with Crippen LogP contribution in [-0.2, 0) is 0 Å². The van der Waals surface area contributed by atoms with E-state index in [4.69, 9.17) is 16.0 Å². The third-order valence-electron chi connectivity index (χ3n) is 3.74. The van der Waals surface area contributed by atoms with Gasteiger partial charge >= 0.3 is 0 Å². The third-order valence-corrected chi connectivity index (χ3v) is 4.32. The molecule has 1 aromatic heterocycles. The van der Waals surface area contributed by atoms with Crippen LogP contribution in [0.1, 0.15) is 29.8 Å². The minimum absolute atomic E-state index is 0.160. The van der Waals surface area contributed by atoms with Crippen molar-refractivity contribution in [3.05, 3.63) is 36.1 Å². The number of carbonyl (C=O) groups excluding carboxylic acids is 1. The van der Waals surface area contributed by atoms with Gasteiger partial charge < -0.3 is 9.73 Å². The molecule has 1 aliphatic rings. The summed E-state index contributed by atoms with van der Waals surface area (Å²) >= 11 is 6.20. The summed E-state index contributed by atoms with van der Waals surface area (Å²) < 4.78 is 5.53. The lowest BCUT2D eigenvalue weighted by Crippen LogP contribution is -2.30. The Labute approximate surface area is 116 Å². The first-order chi connectivity index (χ1) is 9.24. The van der Waals surface area contributed by atoms with Gasteiger partial charge in [0.05, 0.1) is 0 Å². The lowest BCUT2D eigenvalue weighted by Gasteiger charge is -2.13. The number of fused-ring (bicyclic) bond motifs is 1. The number of nitrogens with one attached hydrogen (secondary N) is 1. The molecule has 0 bridgehead atoms. The minimum Gasteiger partial charge on any atom is -0.451 e. The molecule has 1 heterocycles. The van der Waals surface area contributed by atoms with Gasteiger partial charge in [-0.3, -0.25) is 4.79 Å². The maximum Gasteiger partial charge on any atom is 0.287 e. The van der Waals surface area contributed by atoms with Gasteiger partial charge in [-0.25, -0.2) is 0 Å². The van der Waals surface area contributed by atoms with Crippen LogP contribution in [-0.4, -0.2) is 17.8 Å². The molecule has 0 spiro atoms. The van der Waals surface area contributed by atoms with Crippen molar-refractivity contribution in [3.8, 4) is 0 Å². The average Bonchev–Trinajstić information content (AvgIpc) is 3.01. The molecule has 1 aromatic carbocycles. The number of hydrogen-bond donors (Lipinski definition) is 1. The van der Waals surface area contributed by atoms with Crippen LogP contribution < -0.4 is 5.32 Å². The summed E-state index contributed by atoms with van der Waals surface area (Å²) in [5, 5.41) is 4.05. The maximum atomic E-state index is 12.0. The maximum absolute atomic E-state index is 12.0. The summed E-state index contributed by atoms with van der Waals surface area (Å²) in [6.07, 6.45) is 3.29. The zero-order valence-electron chi connectivity index (χ0n) is 10.6. The molecule has 0 saturated heterocycles. The van der Waals surface area contributed by atoms with E-state index in [1.54, 1.807) is 6.07 Å². The lowest BCUT2D eigenvalue weighted by molar-refractivity contribution is 0.0922. The van der Waals surface area contributed by atoms with Crippen LogP contribution in [0.25, 0.3) is 11.0 Å². The number of amides is 1. The monoisotopic (exact) mass is 277 g/mol. The van der Waals surface area contributed by atoms with Crippen molar-refractivity contribution in [2.75, 3.05) is 6.54 Å². The molecule has 1 amide bonds. The van der Waals surface area contributed by atoms with E-state index in [1.807, 2.05) is 24.3 Å². The van der Waals surface area contributed by atoms with Crippen molar-refractivity contribution in [2.45, 2.75) is 24.6 Å². The van der Waals surface area contributed by atoms with Crippen LogP contribution in [0, 0.1) is 5.92 Å². The fourth-order valence-electron chi connectivity index (χ4n) is 2.63. The highest BCUT2D eigenvalue weighted by Gasteiger charge is 2.26. The van der Waals surface area contributed by atoms with Crippen LogP contribution in [0.4, 0.5) is 0 Å².